The topological polar surface area (TPSA) is 99.2 Å². The molecule has 6 rings (SSSR count). The number of hydrogen-bond donors (Lipinski definition) is 0. The number of benzene rings is 1. The number of amides is 2. The van der Waals surface area contributed by atoms with Gasteiger partial charge in [-0.1, -0.05) is 6.07 Å². The molecule has 0 aromatic heterocycles. The Morgan fingerprint density at radius 3 is 2.31 bits per heavy atom. The molecule has 5 aliphatic rings. The van der Waals surface area contributed by atoms with Crippen molar-refractivity contribution in [1.29, 1.82) is 0 Å². The number of carbonyl (C=O) groups excluding carboxylic acids is 4. The fourth-order valence-corrected chi connectivity index (χ4v) is 7.48. The highest BCUT2D eigenvalue weighted by atomic mass is 32.2. The van der Waals surface area contributed by atoms with E-state index in [1.54, 1.807) is 38.1 Å². The van der Waals surface area contributed by atoms with Crippen molar-refractivity contribution in [3.05, 3.63) is 28.7 Å². The van der Waals surface area contributed by atoms with Gasteiger partial charge >= 0.3 is 11.9 Å². The predicted molar refractivity (Wildman–Crippen MR) is 133 cm³/mol. The van der Waals surface area contributed by atoms with Crippen molar-refractivity contribution in [3.8, 4) is 11.5 Å². The number of nitrogens with zero attached hydrogens (tertiary/aromatic N) is 1. The highest BCUT2D eigenvalue weighted by Crippen LogP contribution is 2.60. The van der Waals surface area contributed by atoms with Crippen LogP contribution in [0.5, 0.6) is 11.5 Å². The minimum absolute atomic E-state index is 0.165. The van der Waals surface area contributed by atoms with Crippen LogP contribution < -0.4 is 9.47 Å². The molecular formula is C27H31NO7S. The van der Waals surface area contributed by atoms with Gasteiger partial charge in [0.15, 0.2) is 11.5 Å². The fourth-order valence-electron chi connectivity index (χ4n) is 6.64. The number of methoxy groups -OCH3 is 1. The van der Waals surface area contributed by atoms with E-state index in [0.717, 1.165) is 35.9 Å². The Bertz CT molecular complexity index is 1110. The molecule has 4 bridgehead atoms. The molecule has 0 spiro atoms. The average molecular weight is 514 g/mol. The number of carbonyl (C=O) groups is 4. The van der Waals surface area contributed by atoms with Crippen molar-refractivity contribution in [1.82, 2.24) is 4.90 Å². The number of thioether (sulfide) groups is 1. The maximum Gasteiger partial charge on any atom is 0.326 e. The summed E-state index contributed by atoms with van der Waals surface area (Å²) < 4.78 is 16.4. The zero-order chi connectivity index (χ0) is 25.6. The summed E-state index contributed by atoms with van der Waals surface area (Å²) >= 11 is 0.762. The first-order chi connectivity index (χ1) is 17.2. The molecule has 1 aliphatic heterocycles. The molecule has 9 heteroatoms. The van der Waals surface area contributed by atoms with E-state index in [1.807, 2.05) is 0 Å². The molecule has 0 N–H and O–H groups in total. The molecule has 1 aromatic carbocycles. The molecule has 36 heavy (non-hydrogen) atoms. The summed E-state index contributed by atoms with van der Waals surface area (Å²) in [4.78, 5) is 51.4. The fraction of sp³-hybridized carbons (Fsp3) is 0.556. The SMILES string of the molecule is COc1cc(/C=C2\SC(=O)N(CC(=O)OC(C)C)C2=O)ccc1OC(=O)C12CC3CC(CC(C3)C1)C2. The van der Waals surface area contributed by atoms with Gasteiger partial charge in [-0.05, 0) is 106 Å². The summed E-state index contributed by atoms with van der Waals surface area (Å²) in [5.41, 5.74) is 0.227. The van der Waals surface area contributed by atoms with Crippen molar-refractivity contribution in [2.24, 2.45) is 23.2 Å². The van der Waals surface area contributed by atoms with Gasteiger partial charge in [0.2, 0.25) is 0 Å². The second-order valence-electron chi connectivity index (χ2n) is 10.8. The van der Waals surface area contributed by atoms with Crippen molar-refractivity contribution < 1.29 is 33.4 Å². The number of rotatable bonds is 7. The second kappa shape index (κ2) is 9.57. The zero-order valence-electron chi connectivity index (χ0n) is 20.8. The van der Waals surface area contributed by atoms with Gasteiger partial charge in [-0.2, -0.15) is 0 Å². The zero-order valence-corrected chi connectivity index (χ0v) is 21.6. The largest absolute Gasteiger partial charge is 0.493 e. The Labute approximate surface area is 214 Å². The van der Waals surface area contributed by atoms with E-state index in [2.05, 4.69) is 0 Å². The molecule has 4 aliphatic carbocycles. The highest BCUT2D eigenvalue weighted by Gasteiger charge is 2.55. The maximum absolute atomic E-state index is 13.3. The lowest BCUT2D eigenvalue weighted by Gasteiger charge is -2.55. The van der Waals surface area contributed by atoms with Crippen LogP contribution in [0.4, 0.5) is 4.79 Å². The average Bonchev–Trinajstić information content (AvgIpc) is 3.05. The van der Waals surface area contributed by atoms with Gasteiger partial charge < -0.3 is 14.2 Å². The molecule has 1 aromatic rings. The summed E-state index contributed by atoms with van der Waals surface area (Å²) in [7, 11) is 1.50. The Hall–Kier alpha value is -2.81. The highest BCUT2D eigenvalue weighted by molar-refractivity contribution is 8.18. The predicted octanol–water partition coefficient (Wildman–Crippen LogP) is 4.80. The molecule has 4 saturated carbocycles. The molecule has 192 valence electrons. The lowest BCUT2D eigenvalue weighted by atomic mass is 9.49. The van der Waals surface area contributed by atoms with Crippen LogP contribution in [-0.4, -0.2) is 47.7 Å². The van der Waals surface area contributed by atoms with Crippen LogP contribution in [0.15, 0.2) is 23.1 Å². The molecule has 0 radical (unpaired) electrons. The van der Waals surface area contributed by atoms with E-state index < -0.39 is 23.7 Å². The first-order valence-electron chi connectivity index (χ1n) is 12.5. The van der Waals surface area contributed by atoms with Crippen LogP contribution in [0.25, 0.3) is 6.08 Å². The monoisotopic (exact) mass is 513 g/mol. The van der Waals surface area contributed by atoms with Crippen LogP contribution in [-0.2, 0) is 19.1 Å². The summed E-state index contributed by atoms with van der Waals surface area (Å²) in [5.74, 6) is 1.27. The lowest BCUT2D eigenvalue weighted by Crippen LogP contribution is -2.51. The number of esters is 2. The molecule has 5 fully saturated rings. The number of imide groups is 1. The number of ether oxygens (including phenoxy) is 3. The van der Waals surface area contributed by atoms with E-state index in [9.17, 15) is 19.2 Å². The third-order valence-corrected chi connectivity index (χ3v) is 8.59. The van der Waals surface area contributed by atoms with E-state index in [0.29, 0.717) is 34.8 Å². The Balaban J connectivity index is 1.29. The molecule has 1 saturated heterocycles. The maximum atomic E-state index is 13.3. The standard InChI is InChI=1S/C27H31NO7S/c1-15(2)34-23(29)14-28-24(30)22(36-26(28)32)10-16-4-5-20(21(9-16)33-3)35-25(31)27-11-17-6-18(12-27)8-19(7-17)13-27/h4-5,9-10,15,17-19H,6-8,11-14H2,1-3H3/b22-10-. The van der Waals surface area contributed by atoms with E-state index in [1.165, 1.54) is 26.4 Å². The van der Waals surface area contributed by atoms with Crippen LogP contribution in [0.3, 0.4) is 0 Å². The summed E-state index contributed by atoms with van der Waals surface area (Å²) in [6.07, 6.45) is 7.71. The first kappa shape index (κ1) is 24.9. The molecule has 0 atom stereocenters. The third-order valence-electron chi connectivity index (χ3n) is 7.69. The second-order valence-corrected chi connectivity index (χ2v) is 11.8. The Morgan fingerprint density at radius 1 is 1.08 bits per heavy atom. The lowest BCUT2D eigenvalue weighted by molar-refractivity contribution is -0.161. The van der Waals surface area contributed by atoms with E-state index in [-0.39, 0.29) is 22.4 Å². The van der Waals surface area contributed by atoms with Gasteiger partial charge in [0.25, 0.3) is 11.1 Å². The Morgan fingerprint density at radius 2 is 1.72 bits per heavy atom. The van der Waals surface area contributed by atoms with Gasteiger partial charge in [-0.15, -0.1) is 0 Å². The first-order valence-corrected chi connectivity index (χ1v) is 13.3. The quantitative estimate of drug-likeness (QED) is 0.291. The van der Waals surface area contributed by atoms with Crippen molar-refractivity contribution in [3.63, 3.8) is 0 Å². The van der Waals surface area contributed by atoms with Gasteiger partial charge in [0.1, 0.15) is 6.54 Å². The minimum atomic E-state index is -0.639. The van der Waals surface area contributed by atoms with Gasteiger partial charge in [0, 0.05) is 0 Å². The molecule has 0 unspecified atom stereocenters. The molecule has 8 nitrogen and oxygen atoms in total. The molecule has 2 amide bonds. The summed E-state index contributed by atoms with van der Waals surface area (Å²) in [5, 5.41) is -0.528. The van der Waals surface area contributed by atoms with Crippen molar-refractivity contribution in [2.45, 2.75) is 58.5 Å². The summed E-state index contributed by atoms with van der Waals surface area (Å²) in [6, 6.07) is 5.04. The van der Waals surface area contributed by atoms with Crippen molar-refractivity contribution in [2.75, 3.05) is 13.7 Å². The number of hydrogen-bond acceptors (Lipinski definition) is 8. The van der Waals surface area contributed by atoms with E-state index in [4.69, 9.17) is 14.2 Å². The van der Waals surface area contributed by atoms with Gasteiger partial charge in [-0.25, -0.2) is 0 Å². The van der Waals surface area contributed by atoms with Crippen LogP contribution in [0.2, 0.25) is 0 Å². The minimum Gasteiger partial charge on any atom is -0.493 e. The molecular weight excluding hydrogens is 482 g/mol. The normalized spacial score (nSPS) is 29.8. The smallest absolute Gasteiger partial charge is 0.326 e. The third kappa shape index (κ3) is 4.77. The van der Waals surface area contributed by atoms with Gasteiger partial charge in [-0.3, -0.25) is 24.1 Å². The van der Waals surface area contributed by atoms with Crippen LogP contribution in [0.1, 0.15) is 57.9 Å². The molecule has 1 heterocycles. The van der Waals surface area contributed by atoms with E-state index >= 15 is 0 Å². The van der Waals surface area contributed by atoms with Crippen molar-refractivity contribution >= 4 is 40.9 Å². The van der Waals surface area contributed by atoms with Gasteiger partial charge in [0.05, 0.1) is 23.5 Å². The van der Waals surface area contributed by atoms with Crippen LogP contribution in [0, 0.1) is 23.2 Å². The summed E-state index contributed by atoms with van der Waals surface area (Å²) in [6.45, 7) is 2.97. The Kier molecular flexibility index (Phi) is 6.61. The van der Waals surface area contributed by atoms with Crippen LogP contribution >= 0.6 is 11.8 Å².